The average molecular weight is 267 g/mol. The van der Waals surface area contributed by atoms with Crippen LogP contribution in [0.4, 0.5) is 5.69 Å². The number of nitrogens with zero attached hydrogens (tertiary/aromatic N) is 1. The lowest BCUT2D eigenvalue weighted by molar-refractivity contribution is -0.118. The Morgan fingerprint density at radius 1 is 1.39 bits per heavy atom. The Balaban J connectivity index is 1.86. The minimum Gasteiger partial charge on any atom is -0.325 e. The van der Waals surface area contributed by atoms with Crippen molar-refractivity contribution in [2.24, 2.45) is 0 Å². The molecule has 1 atom stereocenters. The molecule has 0 aliphatic carbocycles. The van der Waals surface area contributed by atoms with Gasteiger partial charge in [-0.25, -0.2) is 0 Å². The summed E-state index contributed by atoms with van der Waals surface area (Å²) >= 11 is 5.80. The molecule has 1 heterocycles. The summed E-state index contributed by atoms with van der Waals surface area (Å²) < 4.78 is 0. The van der Waals surface area contributed by atoms with Crippen LogP contribution in [0.1, 0.15) is 26.2 Å². The monoisotopic (exact) mass is 266 g/mol. The first-order valence-corrected chi connectivity index (χ1v) is 6.82. The third-order valence-electron chi connectivity index (χ3n) is 3.42. The molecule has 3 nitrogen and oxygen atoms in total. The lowest BCUT2D eigenvalue weighted by Gasteiger charge is -2.32. The molecular formula is C14H19ClN2O. The van der Waals surface area contributed by atoms with Crippen LogP contribution in [-0.2, 0) is 4.79 Å². The minimum atomic E-state index is 0.0473. The number of anilines is 1. The van der Waals surface area contributed by atoms with Crippen LogP contribution in [0.15, 0.2) is 24.3 Å². The Morgan fingerprint density at radius 3 is 2.78 bits per heavy atom. The van der Waals surface area contributed by atoms with Crippen molar-refractivity contribution in [1.82, 2.24) is 4.90 Å². The van der Waals surface area contributed by atoms with E-state index >= 15 is 0 Å². The van der Waals surface area contributed by atoms with Gasteiger partial charge >= 0.3 is 0 Å². The van der Waals surface area contributed by atoms with Crippen molar-refractivity contribution in [3.63, 3.8) is 0 Å². The molecule has 0 aromatic heterocycles. The normalized spacial score (nSPS) is 20.7. The summed E-state index contributed by atoms with van der Waals surface area (Å²) in [5, 5.41) is 3.58. The number of hydrogen-bond donors (Lipinski definition) is 1. The highest BCUT2D eigenvalue weighted by Crippen LogP contribution is 2.17. The van der Waals surface area contributed by atoms with Crippen LogP contribution >= 0.6 is 11.6 Å². The average Bonchev–Trinajstić information content (AvgIpc) is 2.35. The molecule has 0 radical (unpaired) electrons. The number of hydrogen-bond acceptors (Lipinski definition) is 2. The largest absolute Gasteiger partial charge is 0.325 e. The topological polar surface area (TPSA) is 32.3 Å². The molecule has 1 N–H and O–H groups in total. The van der Waals surface area contributed by atoms with Crippen LogP contribution in [-0.4, -0.2) is 29.9 Å². The maximum Gasteiger partial charge on any atom is 0.238 e. The maximum absolute atomic E-state index is 11.9. The maximum atomic E-state index is 11.9. The molecule has 1 fully saturated rings. The van der Waals surface area contributed by atoms with E-state index in [-0.39, 0.29) is 5.91 Å². The van der Waals surface area contributed by atoms with Gasteiger partial charge in [-0.3, -0.25) is 9.69 Å². The summed E-state index contributed by atoms with van der Waals surface area (Å²) in [6.07, 6.45) is 3.66. The Morgan fingerprint density at radius 2 is 2.11 bits per heavy atom. The Bertz CT molecular complexity index is 405. The summed E-state index contributed by atoms with van der Waals surface area (Å²) in [6.45, 7) is 3.69. The van der Waals surface area contributed by atoms with Crippen LogP contribution in [0, 0.1) is 0 Å². The fourth-order valence-corrected chi connectivity index (χ4v) is 2.44. The first kappa shape index (κ1) is 13.4. The third-order valence-corrected chi connectivity index (χ3v) is 3.67. The molecule has 98 valence electrons. The summed E-state index contributed by atoms with van der Waals surface area (Å²) in [4.78, 5) is 14.2. The van der Waals surface area contributed by atoms with Crippen molar-refractivity contribution in [3.05, 3.63) is 29.3 Å². The van der Waals surface area contributed by atoms with E-state index in [0.29, 0.717) is 17.6 Å². The van der Waals surface area contributed by atoms with E-state index in [4.69, 9.17) is 11.6 Å². The van der Waals surface area contributed by atoms with Gasteiger partial charge in [0.2, 0.25) is 5.91 Å². The van der Waals surface area contributed by atoms with E-state index in [1.54, 1.807) is 12.1 Å². The number of carbonyl (C=O) groups is 1. The molecule has 1 saturated heterocycles. The molecule has 0 saturated carbocycles. The van der Waals surface area contributed by atoms with E-state index in [1.807, 2.05) is 12.1 Å². The number of nitrogens with one attached hydrogen (secondary N) is 1. The molecule has 2 rings (SSSR count). The van der Waals surface area contributed by atoms with Gasteiger partial charge in [0, 0.05) is 16.8 Å². The number of piperidine rings is 1. The van der Waals surface area contributed by atoms with Gasteiger partial charge < -0.3 is 5.32 Å². The Labute approximate surface area is 113 Å². The molecule has 1 aliphatic heterocycles. The zero-order chi connectivity index (χ0) is 13.0. The predicted molar refractivity (Wildman–Crippen MR) is 75.0 cm³/mol. The molecule has 1 aliphatic rings. The zero-order valence-electron chi connectivity index (χ0n) is 10.7. The lowest BCUT2D eigenvalue weighted by atomic mass is 10.0. The number of amides is 1. The summed E-state index contributed by atoms with van der Waals surface area (Å²) in [6, 6.07) is 7.70. The van der Waals surface area contributed by atoms with Crippen molar-refractivity contribution in [1.29, 1.82) is 0 Å². The van der Waals surface area contributed by atoms with Gasteiger partial charge in [-0.05, 0) is 50.6 Å². The van der Waals surface area contributed by atoms with Crippen LogP contribution in [0.3, 0.4) is 0 Å². The van der Waals surface area contributed by atoms with Crippen molar-refractivity contribution >= 4 is 23.2 Å². The molecule has 18 heavy (non-hydrogen) atoms. The highest BCUT2D eigenvalue weighted by molar-refractivity contribution is 6.30. The highest BCUT2D eigenvalue weighted by atomic mass is 35.5. The fourth-order valence-electron chi connectivity index (χ4n) is 2.31. The number of rotatable bonds is 3. The smallest absolute Gasteiger partial charge is 0.238 e. The summed E-state index contributed by atoms with van der Waals surface area (Å²) in [5.41, 5.74) is 0.800. The second kappa shape index (κ2) is 6.21. The summed E-state index contributed by atoms with van der Waals surface area (Å²) in [5.74, 6) is 0.0473. The quantitative estimate of drug-likeness (QED) is 0.912. The zero-order valence-corrected chi connectivity index (χ0v) is 11.4. The van der Waals surface area contributed by atoms with Gasteiger partial charge in [0.1, 0.15) is 0 Å². The minimum absolute atomic E-state index is 0.0473. The fraction of sp³-hybridized carbons (Fsp3) is 0.500. The highest BCUT2D eigenvalue weighted by Gasteiger charge is 2.20. The lowest BCUT2D eigenvalue weighted by Crippen LogP contribution is -2.42. The van der Waals surface area contributed by atoms with Crippen LogP contribution in [0.2, 0.25) is 5.02 Å². The number of benzene rings is 1. The van der Waals surface area contributed by atoms with Crippen LogP contribution < -0.4 is 5.32 Å². The predicted octanol–water partition coefficient (Wildman–Crippen LogP) is 3.15. The van der Waals surface area contributed by atoms with Gasteiger partial charge in [0.25, 0.3) is 0 Å². The number of likely N-dealkylation sites (tertiary alicyclic amines) is 1. The standard InChI is InChI=1S/C14H19ClN2O/c1-11-4-2-3-9-17(11)10-14(18)16-13-7-5-12(15)6-8-13/h5-8,11H,2-4,9-10H2,1H3,(H,16,18). The van der Waals surface area contributed by atoms with Gasteiger partial charge in [-0.15, -0.1) is 0 Å². The third kappa shape index (κ3) is 3.72. The first-order chi connectivity index (χ1) is 8.65. The SMILES string of the molecule is CC1CCCCN1CC(=O)Nc1ccc(Cl)cc1. The second-order valence-corrected chi connectivity index (χ2v) is 5.31. The number of halogens is 1. The van der Waals surface area contributed by atoms with Crippen molar-refractivity contribution in [2.45, 2.75) is 32.2 Å². The van der Waals surface area contributed by atoms with Gasteiger partial charge in [0.05, 0.1) is 6.54 Å². The van der Waals surface area contributed by atoms with Gasteiger partial charge in [-0.2, -0.15) is 0 Å². The Hall–Kier alpha value is -1.06. The molecule has 1 unspecified atom stereocenters. The molecule has 0 bridgehead atoms. The van der Waals surface area contributed by atoms with Crippen molar-refractivity contribution in [3.8, 4) is 0 Å². The molecule has 0 spiro atoms. The molecule has 1 amide bonds. The van der Waals surface area contributed by atoms with Crippen molar-refractivity contribution in [2.75, 3.05) is 18.4 Å². The van der Waals surface area contributed by atoms with E-state index in [0.717, 1.165) is 12.2 Å². The van der Waals surface area contributed by atoms with Gasteiger partial charge in [-0.1, -0.05) is 18.0 Å². The second-order valence-electron chi connectivity index (χ2n) is 4.87. The first-order valence-electron chi connectivity index (χ1n) is 6.44. The van der Waals surface area contributed by atoms with Crippen LogP contribution in [0.5, 0.6) is 0 Å². The van der Waals surface area contributed by atoms with E-state index in [9.17, 15) is 4.79 Å². The molecule has 1 aromatic carbocycles. The van der Waals surface area contributed by atoms with Crippen molar-refractivity contribution < 1.29 is 4.79 Å². The Kier molecular flexibility index (Phi) is 4.61. The summed E-state index contributed by atoms with van der Waals surface area (Å²) in [7, 11) is 0. The van der Waals surface area contributed by atoms with Gasteiger partial charge in [0.15, 0.2) is 0 Å². The van der Waals surface area contributed by atoms with E-state index in [2.05, 4.69) is 17.1 Å². The molecule has 4 heteroatoms. The van der Waals surface area contributed by atoms with E-state index < -0.39 is 0 Å². The van der Waals surface area contributed by atoms with E-state index in [1.165, 1.54) is 19.3 Å². The molecular weight excluding hydrogens is 248 g/mol. The number of carbonyl (C=O) groups excluding carboxylic acids is 1. The van der Waals surface area contributed by atoms with Crippen LogP contribution in [0.25, 0.3) is 0 Å². The molecule has 1 aromatic rings.